The Labute approximate surface area is 149 Å². The molecule has 0 unspecified atom stereocenters. The SMILES string of the molecule is CNc1nc2nnc(-c3cccc(-c4ccc[nH]4)c3)n2c2ccccc12. The summed E-state index contributed by atoms with van der Waals surface area (Å²) in [5, 5.41) is 12.9. The van der Waals surface area contributed by atoms with E-state index in [1.54, 1.807) is 0 Å². The highest BCUT2D eigenvalue weighted by Gasteiger charge is 2.15. The van der Waals surface area contributed by atoms with Gasteiger partial charge in [-0.25, -0.2) is 0 Å². The molecule has 0 bridgehead atoms. The van der Waals surface area contributed by atoms with Crippen molar-refractivity contribution < 1.29 is 0 Å². The minimum atomic E-state index is 0.577. The van der Waals surface area contributed by atoms with Gasteiger partial charge in [-0.3, -0.25) is 4.40 Å². The molecule has 26 heavy (non-hydrogen) atoms. The van der Waals surface area contributed by atoms with Crippen LogP contribution in [0.15, 0.2) is 66.9 Å². The summed E-state index contributed by atoms with van der Waals surface area (Å²) in [5.74, 6) is 2.15. The third kappa shape index (κ3) is 2.16. The standard InChI is InChI=1S/C20H16N6/c1-21-18-15-8-2-3-10-17(15)26-19(24-25-20(26)23-18)14-7-4-6-13(12-14)16-9-5-11-22-16/h2-12,22H,1H3,(H,21,23,25). The molecule has 3 heterocycles. The molecule has 0 spiro atoms. The van der Waals surface area contributed by atoms with Crippen molar-refractivity contribution in [3.63, 3.8) is 0 Å². The van der Waals surface area contributed by atoms with Crippen molar-refractivity contribution in [2.45, 2.75) is 0 Å². The quantitative estimate of drug-likeness (QED) is 0.521. The van der Waals surface area contributed by atoms with Gasteiger partial charge >= 0.3 is 0 Å². The van der Waals surface area contributed by atoms with Gasteiger partial charge in [-0.15, -0.1) is 10.2 Å². The lowest BCUT2D eigenvalue weighted by Gasteiger charge is -2.09. The van der Waals surface area contributed by atoms with Gasteiger partial charge < -0.3 is 10.3 Å². The van der Waals surface area contributed by atoms with Crippen LogP contribution < -0.4 is 5.32 Å². The number of rotatable bonds is 3. The Morgan fingerprint density at radius 2 is 1.81 bits per heavy atom. The maximum atomic E-state index is 4.61. The highest BCUT2D eigenvalue weighted by Crippen LogP contribution is 2.28. The third-order valence-corrected chi connectivity index (χ3v) is 4.52. The van der Waals surface area contributed by atoms with Crippen LogP contribution in [0.2, 0.25) is 0 Å². The van der Waals surface area contributed by atoms with Gasteiger partial charge in [0.1, 0.15) is 5.82 Å². The number of aromatic amines is 1. The first-order valence-corrected chi connectivity index (χ1v) is 8.41. The van der Waals surface area contributed by atoms with Crippen molar-refractivity contribution in [3.8, 4) is 22.6 Å². The molecule has 2 N–H and O–H groups in total. The zero-order valence-corrected chi connectivity index (χ0v) is 14.1. The molecule has 3 aromatic heterocycles. The molecule has 6 heteroatoms. The van der Waals surface area contributed by atoms with Crippen molar-refractivity contribution >= 4 is 22.5 Å². The Hall–Kier alpha value is -3.67. The van der Waals surface area contributed by atoms with Crippen LogP contribution in [0.3, 0.4) is 0 Å². The number of aromatic nitrogens is 5. The van der Waals surface area contributed by atoms with E-state index < -0.39 is 0 Å². The van der Waals surface area contributed by atoms with E-state index >= 15 is 0 Å². The van der Waals surface area contributed by atoms with Crippen molar-refractivity contribution in [2.24, 2.45) is 0 Å². The average molecular weight is 340 g/mol. The topological polar surface area (TPSA) is 70.9 Å². The summed E-state index contributed by atoms with van der Waals surface area (Å²) < 4.78 is 2.00. The van der Waals surface area contributed by atoms with E-state index in [9.17, 15) is 0 Å². The average Bonchev–Trinajstić information content (AvgIpc) is 3.37. The molecule has 0 saturated carbocycles. The monoisotopic (exact) mass is 340 g/mol. The van der Waals surface area contributed by atoms with Gasteiger partial charge in [0.15, 0.2) is 5.82 Å². The van der Waals surface area contributed by atoms with Gasteiger partial charge in [-0.1, -0.05) is 30.3 Å². The van der Waals surface area contributed by atoms with Crippen LogP contribution in [0.4, 0.5) is 5.82 Å². The first kappa shape index (κ1) is 14.7. The summed E-state index contributed by atoms with van der Waals surface area (Å²) in [7, 11) is 1.86. The fourth-order valence-electron chi connectivity index (χ4n) is 3.31. The molecule has 0 fully saturated rings. The number of hydrogen-bond donors (Lipinski definition) is 2. The summed E-state index contributed by atoms with van der Waals surface area (Å²) in [4.78, 5) is 7.86. The number of nitrogens with zero attached hydrogens (tertiary/aromatic N) is 4. The van der Waals surface area contributed by atoms with Crippen LogP contribution in [-0.4, -0.2) is 31.6 Å². The molecular weight excluding hydrogens is 324 g/mol. The van der Waals surface area contributed by atoms with E-state index in [1.807, 2.05) is 54.0 Å². The normalized spacial score (nSPS) is 11.3. The van der Waals surface area contributed by atoms with E-state index in [0.29, 0.717) is 5.78 Å². The van der Waals surface area contributed by atoms with Gasteiger partial charge in [0, 0.05) is 29.9 Å². The van der Waals surface area contributed by atoms with Gasteiger partial charge in [-0.2, -0.15) is 4.98 Å². The molecule has 0 aliphatic carbocycles. The van der Waals surface area contributed by atoms with Gasteiger partial charge in [0.05, 0.1) is 5.52 Å². The summed E-state index contributed by atoms with van der Waals surface area (Å²) >= 11 is 0. The first-order chi connectivity index (χ1) is 12.8. The largest absolute Gasteiger partial charge is 0.372 e. The highest BCUT2D eigenvalue weighted by atomic mass is 15.3. The van der Waals surface area contributed by atoms with Crippen LogP contribution in [0.5, 0.6) is 0 Å². The summed E-state index contributed by atoms with van der Waals surface area (Å²) in [6, 6.07) is 20.4. The van der Waals surface area contributed by atoms with Crippen molar-refractivity contribution in [2.75, 3.05) is 12.4 Å². The molecular formula is C20H16N6. The molecule has 0 saturated heterocycles. The summed E-state index contributed by atoms with van der Waals surface area (Å²) in [6.45, 7) is 0. The number of para-hydroxylation sites is 1. The third-order valence-electron chi connectivity index (χ3n) is 4.52. The fourth-order valence-corrected chi connectivity index (χ4v) is 3.31. The Bertz CT molecular complexity index is 1220. The van der Waals surface area contributed by atoms with Crippen LogP contribution in [0, 0.1) is 0 Å². The smallest absolute Gasteiger partial charge is 0.257 e. The molecule has 0 aliphatic rings. The number of hydrogen-bond acceptors (Lipinski definition) is 4. The summed E-state index contributed by atoms with van der Waals surface area (Å²) in [6.07, 6.45) is 1.92. The second-order valence-corrected chi connectivity index (χ2v) is 6.05. The molecule has 0 amide bonds. The number of anilines is 1. The van der Waals surface area contributed by atoms with E-state index in [-0.39, 0.29) is 0 Å². The van der Waals surface area contributed by atoms with E-state index in [1.165, 1.54) is 0 Å². The molecule has 0 radical (unpaired) electrons. The Balaban J connectivity index is 1.79. The van der Waals surface area contributed by atoms with Crippen LogP contribution in [0.25, 0.3) is 39.3 Å². The second-order valence-electron chi connectivity index (χ2n) is 6.05. The molecule has 126 valence electrons. The minimum Gasteiger partial charge on any atom is -0.372 e. The second kappa shape index (κ2) is 5.70. The van der Waals surface area contributed by atoms with E-state index in [4.69, 9.17) is 0 Å². The van der Waals surface area contributed by atoms with Crippen LogP contribution >= 0.6 is 0 Å². The number of benzene rings is 2. The fraction of sp³-hybridized carbons (Fsp3) is 0.0500. The lowest BCUT2D eigenvalue weighted by molar-refractivity contribution is 1.10. The maximum absolute atomic E-state index is 4.61. The van der Waals surface area contributed by atoms with Gasteiger partial charge in [-0.05, 0) is 35.9 Å². The predicted octanol–water partition coefficient (Wildman–Crippen LogP) is 3.98. The van der Waals surface area contributed by atoms with Crippen LogP contribution in [-0.2, 0) is 0 Å². The maximum Gasteiger partial charge on any atom is 0.257 e. The zero-order chi connectivity index (χ0) is 17.5. The highest BCUT2D eigenvalue weighted by molar-refractivity contribution is 5.92. The zero-order valence-electron chi connectivity index (χ0n) is 14.1. The molecule has 6 nitrogen and oxygen atoms in total. The first-order valence-electron chi connectivity index (χ1n) is 8.41. The Morgan fingerprint density at radius 3 is 2.65 bits per heavy atom. The van der Waals surface area contributed by atoms with Gasteiger partial charge in [0.25, 0.3) is 5.78 Å². The molecule has 5 aromatic rings. The minimum absolute atomic E-state index is 0.577. The number of fused-ring (bicyclic) bond motifs is 3. The van der Waals surface area contributed by atoms with E-state index in [0.717, 1.165) is 39.4 Å². The lowest BCUT2D eigenvalue weighted by atomic mass is 10.1. The molecule has 0 aliphatic heterocycles. The van der Waals surface area contributed by atoms with E-state index in [2.05, 4.69) is 49.7 Å². The molecule has 0 atom stereocenters. The number of H-pyrrole nitrogens is 1. The van der Waals surface area contributed by atoms with Crippen molar-refractivity contribution in [3.05, 3.63) is 66.9 Å². The molecule has 2 aromatic carbocycles. The predicted molar refractivity (Wildman–Crippen MR) is 103 cm³/mol. The lowest BCUT2D eigenvalue weighted by Crippen LogP contribution is -2.00. The van der Waals surface area contributed by atoms with Crippen molar-refractivity contribution in [1.29, 1.82) is 0 Å². The molecule has 5 rings (SSSR count). The van der Waals surface area contributed by atoms with Crippen molar-refractivity contribution in [1.82, 2.24) is 24.6 Å². The summed E-state index contributed by atoms with van der Waals surface area (Å²) in [5.41, 5.74) is 4.19. The van der Waals surface area contributed by atoms with Crippen LogP contribution in [0.1, 0.15) is 0 Å². The number of nitrogens with one attached hydrogen (secondary N) is 2. The Morgan fingerprint density at radius 1 is 0.923 bits per heavy atom. The Kier molecular flexibility index (Phi) is 3.21. The van der Waals surface area contributed by atoms with Gasteiger partial charge in [0.2, 0.25) is 0 Å².